The first kappa shape index (κ1) is 15.2. The minimum Gasteiger partial charge on any atom is -0.415 e. The largest absolute Gasteiger partial charge is 0.415 e. The summed E-state index contributed by atoms with van der Waals surface area (Å²) in [6, 6.07) is -0.223. The number of urea groups is 1. The molecule has 0 aromatic rings. The van der Waals surface area contributed by atoms with Crippen LogP contribution < -0.4 is 0 Å². The van der Waals surface area contributed by atoms with E-state index in [-0.39, 0.29) is 23.5 Å². The first-order chi connectivity index (χ1) is 8.06. The average Bonchev–Trinajstić information content (AvgIpc) is 2.42. The molecule has 1 saturated heterocycles. The molecular weight excluding hydrogens is 248 g/mol. The predicted octanol–water partition coefficient (Wildman–Crippen LogP) is 1.90. The maximum absolute atomic E-state index is 11.7. The van der Waals surface area contributed by atoms with Gasteiger partial charge in [-0.2, -0.15) is 0 Å². The third kappa shape index (κ3) is 3.11. The van der Waals surface area contributed by atoms with Gasteiger partial charge in [0.25, 0.3) is 0 Å². The number of likely N-dealkylation sites (N-methyl/N-ethyl adjacent to an activating group) is 1. The highest BCUT2D eigenvalue weighted by Crippen LogP contribution is 2.36. The molecule has 1 aliphatic rings. The number of nitrogens with zero attached hydrogens (tertiary/aromatic N) is 2. The van der Waals surface area contributed by atoms with E-state index in [0.29, 0.717) is 13.2 Å². The van der Waals surface area contributed by atoms with Crippen LogP contribution in [0.2, 0.25) is 18.1 Å². The zero-order valence-corrected chi connectivity index (χ0v) is 13.2. The first-order valence-electron chi connectivity index (χ1n) is 6.26. The monoisotopic (exact) mass is 272 g/mol. The van der Waals surface area contributed by atoms with Gasteiger partial charge >= 0.3 is 6.03 Å². The Kier molecular flexibility index (Phi) is 4.22. The van der Waals surface area contributed by atoms with Gasteiger partial charge in [-0.25, -0.2) is 4.79 Å². The number of carbonyl (C=O) groups is 2. The van der Waals surface area contributed by atoms with E-state index in [1.165, 1.54) is 9.80 Å². The molecule has 1 fully saturated rings. The Morgan fingerprint density at radius 1 is 1.28 bits per heavy atom. The van der Waals surface area contributed by atoms with Gasteiger partial charge < -0.3 is 9.33 Å². The van der Waals surface area contributed by atoms with Crippen LogP contribution in [0.1, 0.15) is 20.8 Å². The van der Waals surface area contributed by atoms with Gasteiger partial charge in [0.1, 0.15) is 6.54 Å². The fourth-order valence-electron chi connectivity index (χ4n) is 1.50. The van der Waals surface area contributed by atoms with Crippen molar-refractivity contribution in [2.24, 2.45) is 0 Å². The van der Waals surface area contributed by atoms with Crippen LogP contribution in [0.25, 0.3) is 0 Å². The Labute approximate surface area is 110 Å². The van der Waals surface area contributed by atoms with E-state index < -0.39 is 8.32 Å². The highest BCUT2D eigenvalue weighted by Gasteiger charge is 2.38. The summed E-state index contributed by atoms with van der Waals surface area (Å²) in [5, 5.41) is 0.142. The van der Waals surface area contributed by atoms with Crippen molar-refractivity contribution in [2.45, 2.75) is 38.9 Å². The lowest BCUT2D eigenvalue weighted by atomic mass is 10.2. The van der Waals surface area contributed by atoms with E-state index in [0.717, 1.165) is 0 Å². The van der Waals surface area contributed by atoms with Crippen molar-refractivity contribution in [3.05, 3.63) is 0 Å². The molecule has 0 spiro atoms. The van der Waals surface area contributed by atoms with E-state index in [2.05, 4.69) is 33.9 Å². The molecule has 1 heterocycles. The summed E-state index contributed by atoms with van der Waals surface area (Å²) in [6.45, 7) is 11.8. The molecule has 5 nitrogen and oxygen atoms in total. The standard InChI is InChI=1S/C12H24N2O3Si/c1-12(2,3)18(5,6)17-8-7-14-10(15)9-13(4)11(14)16/h7-9H2,1-6H3. The molecule has 0 saturated carbocycles. The summed E-state index contributed by atoms with van der Waals surface area (Å²) in [5.74, 6) is -0.138. The summed E-state index contributed by atoms with van der Waals surface area (Å²) in [7, 11) is -0.167. The smallest absolute Gasteiger partial charge is 0.327 e. The van der Waals surface area contributed by atoms with E-state index in [1.54, 1.807) is 7.05 Å². The Morgan fingerprint density at radius 3 is 2.22 bits per heavy atom. The second-order valence-electron chi connectivity index (χ2n) is 6.29. The highest BCUT2D eigenvalue weighted by atomic mass is 28.4. The van der Waals surface area contributed by atoms with Crippen LogP contribution in [0.3, 0.4) is 0 Å². The second-order valence-corrected chi connectivity index (χ2v) is 11.1. The van der Waals surface area contributed by atoms with Crippen LogP contribution in [-0.4, -0.2) is 56.8 Å². The third-order valence-electron chi connectivity index (χ3n) is 3.81. The number of amides is 3. The molecule has 1 aliphatic heterocycles. The van der Waals surface area contributed by atoms with Crippen LogP contribution >= 0.6 is 0 Å². The third-order valence-corrected chi connectivity index (χ3v) is 8.35. The summed E-state index contributed by atoms with van der Waals surface area (Å²) in [6.07, 6.45) is 0. The normalized spacial score (nSPS) is 17.9. The van der Waals surface area contributed by atoms with Crippen LogP contribution in [0.4, 0.5) is 4.79 Å². The molecule has 6 heteroatoms. The van der Waals surface area contributed by atoms with Crippen molar-refractivity contribution in [2.75, 3.05) is 26.7 Å². The zero-order chi connectivity index (χ0) is 14.1. The number of hydrogen-bond donors (Lipinski definition) is 0. The van der Waals surface area contributed by atoms with Crippen LogP contribution in [-0.2, 0) is 9.22 Å². The lowest BCUT2D eigenvalue weighted by Crippen LogP contribution is -2.43. The molecule has 0 bridgehead atoms. The van der Waals surface area contributed by atoms with Gasteiger partial charge in [-0.3, -0.25) is 9.69 Å². The predicted molar refractivity (Wildman–Crippen MR) is 72.9 cm³/mol. The average molecular weight is 272 g/mol. The van der Waals surface area contributed by atoms with Gasteiger partial charge in [0.2, 0.25) is 5.91 Å². The minimum atomic E-state index is -1.80. The van der Waals surface area contributed by atoms with Crippen molar-refractivity contribution < 1.29 is 14.0 Å². The molecule has 0 radical (unpaired) electrons. The molecule has 0 N–H and O–H groups in total. The van der Waals surface area contributed by atoms with Crippen molar-refractivity contribution in [3.63, 3.8) is 0 Å². The van der Waals surface area contributed by atoms with E-state index >= 15 is 0 Å². The maximum Gasteiger partial charge on any atom is 0.327 e. The molecule has 104 valence electrons. The van der Waals surface area contributed by atoms with E-state index in [4.69, 9.17) is 4.43 Å². The quantitative estimate of drug-likeness (QED) is 0.580. The number of rotatable bonds is 4. The number of imide groups is 1. The van der Waals surface area contributed by atoms with Gasteiger partial charge in [-0.15, -0.1) is 0 Å². The van der Waals surface area contributed by atoms with E-state index in [9.17, 15) is 9.59 Å². The minimum absolute atomic E-state index is 0.138. The summed E-state index contributed by atoms with van der Waals surface area (Å²) in [5.41, 5.74) is 0. The molecule has 1 rings (SSSR count). The lowest BCUT2D eigenvalue weighted by Gasteiger charge is -2.36. The highest BCUT2D eigenvalue weighted by molar-refractivity contribution is 6.74. The second kappa shape index (κ2) is 5.01. The fourth-order valence-corrected chi connectivity index (χ4v) is 2.53. The fraction of sp³-hybridized carbons (Fsp3) is 0.833. The zero-order valence-electron chi connectivity index (χ0n) is 12.2. The molecule has 0 aliphatic carbocycles. The topological polar surface area (TPSA) is 49.9 Å². The van der Waals surface area contributed by atoms with Crippen LogP contribution in [0, 0.1) is 0 Å². The van der Waals surface area contributed by atoms with Gasteiger partial charge in [-0.05, 0) is 18.1 Å². The molecule has 18 heavy (non-hydrogen) atoms. The van der Waals surface area contributed by atoms with Crippen molar-refractivity contribution in [3.8, 4) is 0 Å². The van der Waals surface area contributed by atoms with Crippen LogP contribution in [0.15, 0.2) is 0 Å². The Morgan fingerprint density at radius 2 is 1.83 bits per heavy atom. The summed E-state index contributed by atoms with van der Waals surface area (Å²) in [4.78, 5) is 25.9. The Balaban J connectivity index is 2.48. The maximum atomic E-state index is 11.7. The molecule has 0 atom stereocenters. The van der Waals surface area contributed by atoms with E-state index in [1.807, 2.05) is 0 Å². The van der Waals surface area contributed by atoms with Crippen molar-refractivity contribution in [1.82, 2.24) is 9.80 Å². The first-order valence-corrected chi connectivity index (χ1v) is 9.16. The number of hydrogen-bond acceptors (Lipinski definition) is 3. The number of carbonyl (C=O) groups excluding carboxylic acids is 2. The van der Waals surface area contributed by atoms with Gasteiger partial charge in [-0.1, -0.05) is 20.8 Å². The van der Waals surface area contributed by atoms with Gasteiger partial charge in [0, 0.05) is 7.05 Å². The van der Waals surface area contributed by atoms with Crippen LogP contribution in [0.5, 0.6) is 0 Å². The van der Waals surface area contributed by atoms with Crippen molar-refractivity contribution in [1.29, 1.82) is 0 Å². The summed E-state index contributed by atoms with van der Waals surface area (Å²) >= 11 is 0. The Bertz CT molecular complexity index is 350. The van der Waals surface area contributed by atoms with Gasteiger partial charge in [0.15, 0.2) is 8.32 Å². The van der Waals surface area contributed by atoms with Crippen molar-refractivity contribution >= 4 is 20.3 Å². The summed E-state index contributed by atoms with van der Waals surface area (Å²) < 4.78 is 5.96. The lowest BCUT2D eigenvalue weighted by molar-refractivity contribution is -0.125. The SMILES string of the molecule is CN1CC(=O)N(CCO[Si](C)(C)C(C)(C)C)C1=O. The molecule has 0 aromatic heterocycles. The molecule has 0 aromatic carbocycles. The molecule has 3 amide bonds. The Hall–Kier alpha value is -0.883. The van der Waals surface area contributed by atoms with Gasteiger partial charge in [0.05, 0.1) is 13.2 Å². The molecule has 0 unspecified atom stereocenters. The molecular formula is C12H24N2O3Si.